The van der Waals surface area contributed by atoms with Crippen LogP contribution < -0.4 is 4.74 Å². The molecule has 5 aliphatic rings. The van der Waals surface area contributed by atoms with Crippen molar-refractivity contribution in [1.29, 1.82) is 0 Å². The Hall–Kier alpha value is -0.320. The Morgan fingerprint density at radius 2 is 1.77 bits per heavy atom. The summed E-state index contributed by atoms with van der Waals surface area (Å²) in [5.41, 5.74) is -0.265. The van der Waals surface area contributed by atoms with Crippen molar-refractivity contribution < 1.29 is 40.8 Å². The molecular formula is C19H18F2I2O7S. The molecule has 2 unspecified atom stereocenters. The van der Waals surface area contributed by atoms with E-state index >= 15 is 0 Å². The molecular weight excluding hydrogens is 664 g/mol. The zero-order valence-corrected chi connectivity index (χ0v) is 21.1. The number of alkyl halides is 2. The van der Waals surface area contributed by atoms with E-state index in [-0.39, 0.29) is 30.6 Å². The fourth-order valence-electron chi connectivity index (χ4n) is 5.91. The molecule has 0 amide bonds. The van der Waals surface area contributed by atoms with Gasteiger partial charge in [-0.2, -0.15) is 17.2 Å². The van der Waals surface area contributed by atoms with Crippen molar-refractivity contribution in [2.45, 2.75) is 55.4 Å². The minimum absolute atomic E-state index is 0.140. The Bertz CT molecular complexity index is 1060. The fourth-order valence-corrected chi connectivity index (χ4v) is 7.14. The molecule has 6 rings (SSSR count). The number of rotatable bonds is 3. The van der Waals surface area contributed by atoms with E-state index in [4.69, 9.17) is 18.8 Å². The van der Waals surface area contributed by atoms with Gasteiger partial charge in [-0.1, -0.05) is 0 Å². The third kappa shape index (κ3) is 3.41. The Morgan fingerprint density at radius 3 is 2.39 bits per heavy atom. The first-order valence-electron chi connectivity index (χ1n) is 9.74. The van der Waals surface area contributed by atoms with E-state index in [1.807, 2.05) is 12.1 Å². The van der Waals surface area contributed by atoms with Crippen LogP contribution in [0.5, 0.6) is 5.75 Å². The van der Waals surface area contributed by atoms with Gasteiger partial charge in [-0.3, -0.25) is 4.55 Å². The normalized spacial score (nSPS) is 36.2. The smallest absolute Gasteiger partial charge is 0.461 e. The van der Waals surface area contributed by atoms with Crippen LogP contribution >= 0.6 is 45.2 Å². The van der Waals surface area contributed by atoms with Crippen molar-refractivity contribution in [2.75, 3.05) is 0 Å². The second-order valence-electron chi connectivity index (χ2n) is 8.89. The lowest BCUT2D eigenvalue weighted by Crippen LogP contribution is -2.68. The topological polar surface area (TPSA) is 99.1 Å². The molecule has 4 bridgehead atoms. The Labute approximate surface area is 204 Å². The molecule has 4 saturated carbocycles. The van der Waals surface area contributed by atoms with Gasteiger partial charge in [0.15, 0.2) is 0 Å². The van der Waals surface area contributed by atoms with Gasteiger partial charge in [0.1, 0.15) is 11.4 Å². The molecule has 1 heterocycles. The summed E-state index contributed by atoms with van der Waals surface area (Å²) in [6.07, 6.45) is 2.37. The first-order valence-corrected chi connectivity index (χ1v) is 13.3. The molecule has 0 radical (unpaired) electrons. The first kappa shape index (κ1) is 22.5. The number of carbonyl (C=O) groups is 1. The van der Waals surface area contributed by atoms with Crippen LogP contribution in [0.1, 0.15) is 37.7 Å². The maximum atomic E-state index is 13.8. The first-order chi connectivity index (χ1) is 14.4. The second kappa shape index (κ2) is 7.09. The van der Waals surface area contributed by atoms with Crippen molar-refractivity contribution in [3.8, 4) is 5.75 Å². The van der Waals surface area contributed by atoms with Gasteiger partial charge in [0.05, 0.1) is 6.61 Å². The molecule has 170 valence electrons. The van der Waals surface area contributed by atoms with Crippen molar-refractivity contribution in [1.82, 2.24) is 0 Å². The summed E-state index contributed by atoms with van der Waals surface area (Å²) >= 11 is 4.48. The molecule has 7 nitrogen and oxygen atoms in total. The summed E-state index contributed by atoms with van der Waals surface area (Å²) in [5, 5.41) is -5.00. The number of fused-ring (bicyclic) bond motifs is 1. The molecule has 2 atom stereocenters. The van der Waals surface area contributed by atoms with Crippen LogP contribution in [0, 0.1) is 24.9 Å². The lowest BCUT2D eigenvalue weighted by molar-refractivity contribution is -0.337. The summed E-state index contributed by atoms with van der Waals surface area (Å²) in [4.78, 5) is 12.0. The average Bonchev–Trinajstić information content (AvgIpc) is 2.65. The maximum absolute atomic E-state index is 13.8. The number of halogens is 4. The quantitative estimate of drug-likeness (QED) is 0.292. The van der Waals surface area contributed by atoms with Crippen molar-refractivity contribution in [3.63, 3.8) is 0 Å². The van der Waals surface area contributed by atoms with Gasteiger partial charge in [0.25, 0.3) is 0 Å². The van der Waals surface area contributed by atoms with Crippen LogP contribution in [0.4, 0.5) is 8.78 Å². The van der Waals surface area contributed by atoms with Gasteiger partial charge in [-0.25, -0.2) is 4.79 Å². The predicted octanol–water partition coefficient (Wildman–Crippen LogP) is 4.10. The number of hydrogen-bond donors (Lipinski definition) is 1. The lowest BCUT2D eigenvalue weighted by Gasteiger charge is -2.63. The van der Waals surface area contributed by atoms with Crippen LogP contribution in [0.15, 0.2) is 12.1 Å². The zero-order valence-electron chi connectivity index (χ0n) is 15.9. The minimum Gasteiger partial charge on any atom is -0.461 e. The molecule has 31 heavy (non-hydrogen) atoms. The molecule has 1 aliphatic heterocycles. The highest BCUT2D eigenvalue weighted by molar-refractivity contribution is 14.1. The molecule has 4 aliphatic carbocycles. The Morgan fingerprint density at radius 1 is 1.16 bits per heavy atom. The molecule has 4 fully saturated rings. The van der Waals surface area contributed by atoms with Crippen LogP contribution in [-0.4, -0.2) is 35.6 Å². The van der Waals surface area contributed by atoms with Gasteiger partial charge in [-0.15, -0.1) is 0 Å². The molecule has 12 heteroatoms. The SMILES string of the molecule is O=C(OC12CC3CC(C1)C1(OCc4cc(I)c(I)cc4O1)C(C3)C2)C(F)(F)S(=O)(=O)O. The van der Waals surface area contributed by atoms with E-state index in [0.29, 0.717) is 13.0 Å². The highest BCUT2D eigenvalue weighted by atomic mass is 127. The Balaban J connectivity index is 1.43. The minimum atomic E-state index is -5.91. The monoisotopic (exact) mass is 682 g/mol. The highest BCUT2D eigenvalue weighted by Crippen LogP contribution is 2.63. The summed E-state index contributed by atoms with van der Waals surface area (Å²) in [5.74, 6) is -2.63. The van der Waals surface area contributed by atoms with E-state index in [1.54, 1.807) is 0 Å². The molecule has 1 aromatic rings. The third-order valence-corrected chi connectivity index (χ3v) is 10.6. The summed E-state index contributed by atoms with van der Waals surface area (Å²) in [6.45, 7) is 0.369. The van der Waals surface area contributed by atoms with Crippen molar-refractivity contribution >= 4 is 61.3 Å². The van der Waals surface area contributed by atoms with E-state index < -0.39 is 32.7 Å². The fraction of sp³-hybridized carbons (Fsp3) is 0.632. The number of benzene rings is 1. The van der Waals surface area contributed by atoms with E-state index in [1.165, 1.54) is 0 Å². The summed E-state index contributed by atoms with van der Waals surface area (Å²) in [7, 11) is -5.91. The van der Waals surface area contributed by atoms with Crippen LogP contribution in [-0.2, 0) is 31.0 Å². The number of carbonyl (C=O) groups excluding carboxylic acids is 1. The standard InChI is InChI=1S/C19H18F2I2O7S/c20-19(21,31(25,26)27)16(24)30-17-5-9-1-11(6-17)18(12(2-9)7-17)28-8-10-3-13(22)14(23)4-15(10)29-18/h3-4,9,11-12H,1-2,5-8H2,(H,25,26,27). The molecule has 0 aromatic heterocycles. The highest BCUT2D eigenvalue weighted by Gasteiger charge is 2.68. The largest absolute Gasteiger partial charge is 0.465 e. The summed E-state index contributed by atoms with van der Waals surface area (Å²) in [6, 6.07) is 3.98. The van der Waals surface area contributed by atoms with E-state index in [0.717, 1.165) is 31.3 Å². The van der Waals surface area contributed by atoms with E-state index in [9.17, 15) is 22.0 Å². The second-order valence-corrected chi connectivity index (χ2v) is 12.7. The van der Waals surface area contributed by atoms with Gasteiger partial charge in [-0.05, 0) is 95.3 Å². The number of hydrogen-bond acceptors (Lipinski definition) is 6. The van der Waals surface area contributed by atoms with Gasteiger partial charge >= 0.3 is 21.3 Å². The van der Waals surface area contributed by atoms with Crippen molar-refractivity contribution in [2.24, 2.45) is 17.8 Å². The molecule has 1 spiro atoms. The zero-order chi connectivity index (χ0) is 22.4. The van der Waals surface area contributed by atoms with Crippen LogP contribution in [0.3, 0.4) is 0 Å². The molecule has 0 saturated heterocycles. The predicted molar refractivity (Wildman–Crippen MR) is 119 cm³/mol. The average molecular weight is 682 g/mol. The summed E-state index contributed by atoms with van der Waals surface area (Å²) < 4.78 is 78.3. The number of ether oxygens (including phenoxy) is 3. The lowest BCUT2D eigenvalue weighted by atomic mass is 9.51. The van der Waals surface area contributed by atoms with Crippen LogP contribution in [0.25, 0.3) is 0 Å². The van der Waals surface area contributed by atoms with Gasteiger partial charge in [0, 0.05) is 24.5 Å². The van der Waals surface area contributed by atoms with Gasteiger partial charge < -0.3 is 14.2 Å². The van der Waals surface area contributed by atoms with Crippen LogP contribution in [0.2, 0.25) is 0 Å². The third-order valence-electron chi connectivity index (χ3n) is 6.97. The van der Waals surface area contributed by atoms with Gasteiger partial charge in [0.2, 0.25) is 5.79 Å². The van der Waals surface area contributed by atoms with Crippen molar-refractivity contribution in [3.05, 3.63) is 24.8 Å². The molecule has 1 N–H and O–H groups in total. The Kier molecular flexibility index (Phi) is 5.14. The van der Waals surface area contributed by atoms with E-state index in [2.05, 4.69) is 45.2 Å². The molecule has 1 aromatic carbocycles. The maximum Gasteiger partial charge on any atom is 0.465 e. The number of esters is 1.